The maximum atomic E-state index is 11.5. The summed E-state index contributed by atoms with van der Waals surface area (Å²) < 4.78 is 5.14. The van der Waals surface area contributed by atoms with Crippen molar-refractivity contribution in [2.24, 2.45) is 5.84 Å². The highest BCUT2D eigenvalue weighted by Gasteiger charge is 2.29. The molecule has 0 aromatic carbocycles. The molecule has 0 bridgehead atoms. The van der Waals surface area contributed by atoms with Gasteiger partial charge in [0.1, 0.15) is 0 Å². The number of carbonyl (C=O) groups excluding carboxylic acids is 1. The van der Waals surface area contributed by atoms with E-state index in [1.165, 1.54) is 6.26 Å². The van der Waals surface area contributed by atoms with Crippen LogP contribution in [0.5, 0.6) is 0 Å². The van der Waals surface area contributed by atoms with E-state index in [2.05, 4.69) is 16.4 Å². The molecule has 1 amide bonds. The van der Waals surface area contributed by atoms with Crippen molar-refractivity contribution in [2.45, 2.75) is 31.8 Å². The molecule has 0 spiro atoms. The van der Waals surface area contributed by atoms with Crippen LogP contribution in [0.1, 0.15) is 35.4 Å². The molecule has 1 fully saturated rings. The highest BCUT2D eigenvalue weighted by molar-refractivity contribution is 5.92. The van der Waals surface area contributed by atoms with Gasteiger partial charge in [-0.1, -0.05) is 0 Å². The summed E-state index contributed by atoms with van der Waals surface area (Å²) in [5, 5.41) is 8.65. The van der Waals surface area contributed by atoms with Crippen LogP contribution in [0.25, 0.3) is 0 Å². The van der Waals surface area contributed by atoms with Crippen LogP contribution in [0.3, 0.4) is 0 Å². The van der Waals surface area contributed by atoms with Gasteiger partial charge >= 0.3 is 5.91 Å². The molecule has 1 aliphatic rings. The van der Waals surface area contributed by atoms with Gasteiger partial charge < -0.3 is 4.42 Å². The van der Waals surface area contributed by atoms with Crippen molar-refractivity contribution in [1.82, 2.24) is 10.3 Å². The van der Waals surface area contributed by atoms with E-state index in [0.29, 0.717) is 19.0 Å². The first-order valence-corrected chi connectivity index (χ1v) is 5.94. The van der Waals surface area contributed by atoms with Crippen molar-refractivity contribution in [3.63, 3.8) is 0 Å². The highest BCUT2D eigenvalue weighted by atomic mass is 16.3. The summed E-state index contributed by atoms with van der Waals surface area (Å²) in [6, 6.07) is 4.44. The van der Waals surface area contributed by atoms with Gasteiger partial charge in [0.05, 0.1) is 12.3 Å². The van der Waals surface area contributed by atoms with Gasteiger partial charge in [-0.3, -0.25) is 15.1 Å². The lowest BCUT2D eigenvalue weighted by molar-refractivity contribution is 0.0922. The molecule has 0 atom stereocenters. The fraction of sp³-hybridized carbons (Fsp3) is 0.500. The third-order valence-electron chi connectivity index (χ3n) is 3.03. The van der Waals surface area contributed by atoms with Crippen LogP contribution >= 0.6 is 0 Å². The smallest absolute Gasteiger partial charge is 0.301 e. The summed E-state index contributed by atoms with van der Waals surface area (Å²) in [5.74, 6) is 4.92. The van der Waals surface area contributed by atoms with Crippen LogP contribution < -0.4 is 11.3 Å². The number of nitrogens with one attached hydrogen (secondary N) is 1. The van der Waals surface area contributed by atoms with Crippen molar-refractivity contribution >= 4 is 5.91 Å². The zero-order chi connectivity index (χ0) is 13.0. The maximum Gasteiger partial charge on any atom is 0.301 e. The summed E-state index contributed by atoms with van der Waals surface area (Å²) in [6.07, 6.45) is 4.28. The number of rotatable bonds is 6. The van der Waals surface area contributed by atoms with Gasteiger partial charge in [-0.25, -0.2) is 5.84 Å². The summed E-state index contributed by atoms with van der Waals surface area (Å²) >= 11 is 0. The first-order chi connectivity index (χ1) is 8.76. The zero-order valence-electron chi connectivity index (χ0n) is 10.1. The molecular weight excluding hydrogens is 232 g/mol. The number of nitriles is 1. The first-order valence-electron chi connectivity index (χ1n) is 5.94. The third kappa shape index (κ3) is 2.88. The van der Waals surface area contributed by atoms with Gasteiger partial charge in [0.25, 0.3) is 0 Å². The van der Waals surface area contributed by atoms with Crippen LogP contribution in [0.4, 0.5) is 0 Å². The largest absolute Gasteiger partial charge is 0.459 e. The predicted molar refractivity (Wildman–Crippen MR) is 64.0 cm³/mol. The number of hydrogen-bond acceptors (Lipinski definition) is 5. The van der Waals surface area contributed by atoms with E-state index in [1.54, 1.807) is 6.07 Å². The van der Waals surface area contributed by atoms with E-state index in [0.717, 1.165) is 24.9 Å². The molecule has 18 heavy (non-hydrogen) atoms. The Bertz CT molecular complexity index is 459. The molecule has 1 aromatic rings. The van der Waals surface area contributed by atoms with Gasteiger partial charge in [-0.05, 0) is 18.9 Å². The van der Waals surface area contributed by atoms with Crippen LogP contribution in [-0.4, -0.2) is 23.4 Å². The quantitative estimate of drug-likeness (QED) is 0.440. The Kier molecular flexibility index (Phi) is 3.97. The molecule has 2 rings (SSSR count). The standard InChI is InChI=1S/C12H16N4O2/c13-5-1-6-16(10-2-3-10)8-9-4-7-18-11(9)12(17)15-14/h4,7,10H,1-3,6,8,14H2,(H,15,17). The Morgan fingerprint density at radius 3 is 3.06 bits per heavy atom. The van der Waals surface area contributed by atoms with E-state index < -0.39 is 5.91 Å². The third-order valence-corrected chi connectivity index (χ3v) is 3.03. The molecule has 1 aromatic heterocycles. The van der Waals surface area contributed by atoms with Crippen molar-refractivity contribution in [1.29, 1.82) is 5.26 Å². The molecule has 6 heteroatoms. The van der Waals surface area contributed by atoms with E-state index >= 15 is 0 Å². The van der Waals surface area contributed by atoms with Crippen LogP contribution in [0.2, 0.25) is 0 Å². The van der Waals surface area contributed by atoms with Crippen LogP contribution in [0.15, 0.2) is 16.7 Å². The van der Waals surface area contributed by atoms with Gasteiger partial charge in [0.15, 0.2) is 5.76 Å². The predicted octanol–water partition coefficient (Wildman–Crippen LogP) is 0.761. The number of nitrogens with two attached hydrogens (primary N) is 1. The molecular formula is C12H16N4O2. The lowest BCUT2D eigenvalue weighted by Gasteiger charge is -2.20. The first kappa shape index (κ1) is 12.6. The fourth-order valence-corrected chi connectivity index (χ4v) is 1.97. The minimum Gasteiger partial charge on any atom is -0.459 e. The van der Waals surface area contributed by atoms with Crippen LogP contribution in [0, 0.1) is 11.3 Å². The van der Waals surface area contributed by atoms with Gasteiger partial charge in [-0.2, -0.15) is 5.26 Å². The topological polar surface area (TPSA) is 95.3 Å². The number of amides is 1. The Labute approximate surface area is 105 Å². The van der Waals surface area contributed by atoms with Crippen molar-refractivity contribution in [3.8, 4) is 6.07 Å². The van der Waals surface area contributed by atoms with Crippen LogP contribution in [-0.2, 0) is 6.54 Å². The minimum atomic E-state index is -0.425. The van der Waals surface area contributed by atoms with Gasteiger partial charge in [0, 0.05) is 31.1 Å². The Morgan fingerprint density at radius 2 is 2.44 bits per heavy atom. The molecule has 0 unspecified atom stereocenters. The molecule has 1 heterocycles. The number of nitrogen functional groups attached to an aromatic ring is 1. The minimum absolute atomic E-state index is 0.250. The molecule has 3 N–H and O–H groups in total. The second kappa shape index (κ2) is 5.67. The molecule has 0 saturated heterocycles. The monoisotopic (exact) mass is 248 g/mol. The van der Waals surface area contributed by atoms with Crippen molar-refractivity contribution in [2.75, 3.05) is 6.54 Å². The number of hydrazine groups is 1. The summed E-state index contributed by atoms with van der Waals surface area (Å²) in [7, 11) is 0. The Hall–Kier alpha value is -1.84. The Morgan fingerprint density at radius 1 is 1.67 bits per heavy atom. The number of carbonyl (C=O) groups is 1. The molecule has 96 valence electrons. The van der Waals surface area contributed by atoms with E-state index in [-0.39, 0.29) is 5.76 Å². The molecule has 1 aliphatic carbocycles. The van der Waals surface area contributed by atoms with Gasteiger partial charge in [0.2, 0.25) is 0 Å². The van der Waals surface area contributed by atoms with E-state index in [1.807, 2.05) is 0 Å². The lowest BCUT2D eigenvalue weighted by atomic mass is 10.2. The van der Waals surface area contributed by atoms with E-state index in [4.69, 9.17) is 15.5 Å². The maximum absolute atomic E-state index is 11.5. The van der Waals surface area contributed by atoms with Gasteiger partial charge in [-0.15, -0.1) is 0 Å². The lowest BCUT2D eigenvalue weighted by Crippen LogP contribution is -2.32. The summed E-state index contributed by atoms with van der Waals surface area (Å²) in [6.45, 7) is 1.33. The summed E-state index contributed by atoms with van der Waals surface area (Å²) in [5.41, 5.74) is 2.87. The molecule has 6 nitrogen and oxygen atoms in total. The molecule has 1 saturated carbocycles. The SMILES string of the molecule is N#CCCN(Cc1ccoc1C(=O)NN)C1CC1. The number of nitrogens with zero attached hydrogens (tertiary/aromatic N) is 2. The second-order valence-corrected chi connectivity index (χ2v) is 4.36. The number of furan rings is 1. The molecule has 0 aliphatic heterocycles. The second-order valence-electron chi connectivity index (χ2n) is 4.36. The summed E-state index contributed by atoms with van der Waals surface area (Å²) in [4.78, 5) is 13.7. The normalized spacial score (nSPS) is 14.5. The fourth-order valence-electron chi connectivity index (χ4n) is 1.97. The zero-order valence-corrected chi connectivity index (χ0v) is 10.1. The Balaban J connectivity index is 2.04. The molecule has 0 radical (unpaired) electrons. The van der Waals surface area contributed by atoms with Crippen molar-refractivity contribution < 1.29 is 9.21 Å². The van der Waals surface area contributed by atoms with E-state index in [9.17, 15) is 4.79 Å². The highest BCUT2D eigenvalue weighted by Crippen LogP contribution is 2.29. The average Bonchev–Trinajstić information content (AvgIpc) is 3.13. The number of hydrogen-bond donors (Lipinski definition) is 2. The van der Waals surface area contributed by atoms with Crippen molar-refractivity contribution in [3.05, 3.63) is 23.7 Å². The average molecular weight is 248 g/mol.